The van der Waals surface area contributed by atoms with Gasteiger partial charge in [0.05, 0.1) is 11.5 Å². The SMILES string of the molecule is CCOC(=O)CCc1ccc(OC(=O)CCCCCl)c([N+](=O)[O-])c1. The molecule has 0 amide bonds. The number of hydrogen-bond donors (Lipinski definition) is 0. The molecule has 1 rings (SSSR count). The summed E-state index contributed by atoms with van der Waals surface area (Å²) in [6.07, 6.45) is 1.82. The van der Waals surface area contributed by atoms with E-state index in [2.05, 4.69) is 0 Å². The number of nitro benzene ring substituents is 1. The number of carbonyl (C=O) groups is 2. The lowest BCUT2D eigenvalue weighted by molar-refractivity contribution is -0.385. The molecule has 0 aliphatic carbocycles. The van der Waals surface area contributed by atoms with Crippen molar-refractivity contribution < 1.29 is 24.0 Å². The van der Waals surface area contributed by atoms with Crippen LogP contribution in [-0.4, -0.2) is 29.3 Å². The Labute approximate surface area is 145 Å². The number of carbonyl (C=O) groups excluding carboxylic acids is 2. The van der Waals surface area contributed by atoms with Crippen LogP contribution in [0.2, 0.25) is 0 Å². The summed E-state index contributed by atoms with van der Waals surface area (Å²) in [6, 6.07) is 4.27. The van der Waals surface area contributed by atoms with Gasteiger partial charge in [0.15, 0.2) is 0 Å². The number of halogens is 1. The molecule has 0 atom stereocenters. The van der Waals surface area contributed by atoms with Crippen molar-refractivity contribution in [1.82, 2.24) is 0 Å². The van der Waals surface area contributed by atoms with Crippen LogP contribution in [0.15, 0.2) is 18.2 Å². The average Bonchev–Trinajstić information content (AvgIpc) is 2.54. The van der Waals surface area contributed by atoms with Crippen LogP contribution in [-0.2, 0) is 20.7 Å². The Kier molecular flexibility index (Phi) is 8.78. The highest BCUT2D eigenvalue weighted by atomic mass is 35.5. The summed E-state index contributed by atoms with van der Waals surface area (Å²) < 4.78 is 9.87. The van der Waals surface area contributed by atoms with E-state index in [1.54, 1.807) is 13.0 Å². The topological polar surface area (TPSA) is 95.7 Å². The molecule has 0 spiro atoms. The first kappa shape index (κ1) is 19.9. The zero-order chi connectivity index (χ0) is 17.9. The van der Waals surface area contributed by atoms with Crippen LogP contribution >= 0.6 is 11.6 Å². The van der Waals surface area contributed by atoms with Crippen LogP contribution in [0.25, 0.3) is 0 Å². The van der Waals surface area contributed by atoms with Gasteiger partial charge in [0, 0.05) is 24.8 Å². The molecule has 8 heteroatoms. The molecule has 0 saturated carbocycles. The third-order valence-electron chi connectivity index (χ3n) is 3.13. The largest absolute Gasteiger partial charge is 0.466 e. The molecule has 0 unspecified atom stereocenters. The van der Waals surface area contributed by atoms with Crippen molar-refractivity contribution in [1.29, 1.82) is 0 Å². The number of ether oxygens (including phenoxy) is 2. The Balaban J connectivity index is 2.74. The van der Waals surface area contributed by atoms with Gasteiger partial charge in [-0.3, -0.25) is 19.7 Å². The van der Waals surface area contributed by atoms with Gasteiger partial charge in [-0.1, -0.05) is 6.07 Å². The normalized spacial score (nSPS) is 10.2. The molecule has 0 heterocycles. The van der Waals surface area contributed by atoms with E-state index in [0.717, 1.165) is 0 Å². The van der Waals surface area contributed by atoms with Crippen molar-refractivity contribution in [3.63, 3.8) is 0 Å². The number of aryl methyl sites for hydroxylation is 1. The van der Waals surface area contributed by atoms with E-state index in [-0.39, 0.29) is 36.9 Å². The fraction of sp³-hybridized carbons (Fsp3) is 0.500. The van der Waals surface area contributed by atoms with Crippen LogP contribution < -0.4 is 4.74 Å². The highest BCUT2D eigenvalue weighted by Crippen LogP contribution is 2.29. The van der Waals surface area contributed by atoms with E-state index in [4.69, 9.17) is 21.1 Å². The minimum atomic E-state index is -0.616. The lowest BCUT2D eigenvalue weighted by atomic mass is 10.1. The van der Waals surface area contributed by atoms with E-state index in [1.807, 2.05) is 0 Å². The van der Waals surface area contributed by atoms with Gasteiger partial charge < -0.3 is 9.47 Å². The number of alkyl halides is 1. The molecule has 132 valence electrons. The van der Waals surface area contributed by atoms with Crippen molar-refractivity contribution in [2.24, 2.45) is 0 Å². The summed E-state index contributed by atoms with van der Waals surface area (Å²) in [4.78, 5) is 33.6. The first-order valence-corrected chi connectivity index (χ1v) is 8.21. The molecule has 0 saturated heterocycles. The van der Waals surface area contributed by atoms with Gasteiger partial charge in [0.25, 0.3) is 0 Å². The molecule has 0 fully saturated rings. The number of benzene rings is 1. The number of esters is 2. The molecule has 0 radical (unpaired) electrons. The van der Waals surface area contributed by atoms with Crippen molar-refractivity contribution in [2.75, 3.05) is 12.5 Å². The summed E-state index contributed by atoms with van der Waals surface area (Å²) in [7, 11) is 0. The monoisotopic (exact) mass is 357 g/mol. The van der Waals surface area contributed by atoms with Gasteiger partial charge in [-0.25, -0.2) is 0 Å². The fourth-order valence-electron chi connectivity index (χ4n) is 1.96. The zero-order valence-electron chi connectivity index (χ0n) is 13.5. The molecule has 24 heavy (non-hydrogen) atoms. The smallest absolute Gasteiger partial charge is 0.311 e. The standard InChI is InChI=1S/C16H20ClNO6/c1-2-23-15(19)9-7-12-6-8-14(13(11-12)18(21)22)24-16(20)5-3-4-10-17/h6,8,11H,2-5,7,9-10H2,1H3. The van der Waals surface area contributed by atoms with E-state index in [1.165, 1.54) is 12.1 Å². The third kappa shape index (κ3) is 6.95. The second kappa shape index (κ2) is 10.6. The predicted molar refractivity (Wildman–Crippen MR) is 88.3 cm³/mol. The maximum absolute atomic E-state index is 11.7. The van der Waals surface area contributed by atoms with Crippen LogP contribution in [0, 0.1) is 10.1 Å². The molecule has 0 N–H and O–H groups in total. The summed E-state index contributed by atoms with van der Waals surface area (Å²) in [5.74, 6) is -0.559. The lowest BCUT2D eigenvalue weighted by Gasteiger charge is -2.07. The van der Waals surface area contributed by atoms with Gasteiger partial charge >= 0.3 is 17.6 Å². The number of unbranched alkanes of at least 4 members (excludes halogenated alkanes) is 1. The second-order valence-corrected chi connectivity index (χ2v) is 5.36. The van der Waals surface area contributed by atoms with Gasteiger partial charge in [0.1, 0.15) is 0 Å². The van der Waals surface area contributed by atoms with Gasteiger partial charge in [-0.05, 0) is 37.8 Å². The van der Waals surface area contributed by atoms with Crippen molar-refractivity contribution in [3.8, 4) is 5.75 Å². The Morgan fingerprint density at radius 3 is 2.58 bits per heavy atom. The first-order chi connectivity index (χ1) is 11.5. The molecule has 0 aliphatic rings. The summed E-state index contributed by atoms with van der Waals surface area (Å²) in [6.45, 7) is 2.00. The third-order valence-corrected chi connectivity index (χ3v) is 3.40. The van der Waals surface area contributed by atoms with Crippen LogP contribution in [0.5, 0.6) is 5.75 Å². The fourth-order valence-corrected chi connectivity index (χ4v) is 2.15. The van der Waals surface area contributed by atoms with E-state index < -0.39 is 10.9 Å². The lowest BCUT2D eigenvalue weighted by Crippen LogP contribution is -2.09. The Morgan fingerprint density at radius 1 is 1.21 bits per heavy atom. The molecular formula is C16H20ClNO6. The van der Waals surface area contributed by atoms with Crippen LogP contribution in [0.4, 0.5) is 5.69 Å². The summed E-state index contributed by atoms with van der Waals surface area (Å²) in [5.41, 5.74) is 0.291. The van der Waals surface area contributed by atoms with Gasteiger partial charge in [-0.15, -0.1) is 11.6 Å². The Hall–Kier alpha value is -2.15. The van der Waals surface area contributed by atoms with Crippen LogP contribution in [0.1, 0.15) is 38.2 Å². The first-order valence-electron chi connectivity index (χ1n) is 7.67. The number of hydrogen-bond acceptors (Lipinski definition) is 6. The molecular weight excluding hydrogens is 338 g/mol. The van der Waals surface area contributed by atoms with Crippen LogP contribution in [0.3, 0.4) is 0 Å². The quantitative estimate of drug-likeness (QED) is 0.159. The Morgan fingerprint density at radius 2 is 1.96 bits per heavy atom. The predicted octanol–water partition coefficient (Wildman–Crippen LogP) is 3.41. The van der Waals surface area contributed by atoms with Gasteiger partial charge in [-0.2, -0.15) is 0 Å². The van der Waals surface area contributed by atoms with E-state index in [0.29, 0.717) is 30.7 Å². The molecule has 0 aromatic heterocycles. The molecule has 7 nitrogen and oxygen atoms in total. The number of rotatable bonds is 10. The maximum atomic E-state index is 11.7. The number of nitrogens with zero attached hydrogens (tertiary/aromatic N) is 1. The zero-order valence-corrected chi connectivity index (χ0v) is 14.2. The van der Waals surface area contributed by atoms with Crippen molar-refractivity contribution in [3.05, 3.63) is 33.9 Å². The molecule has 1 aromatic rings. The minimum absolute atomic E-state index is 0.101. The minimum Gasteiger partial charge on any atom is -0.466 e. The molecule has 1 aromatic carbocycles. The summed E-state index contributed by atoms with van der Waals surface area (Å²) in [5, 5.41) is 11.2. The van der Waals surface area contributed by atoms with Gasteiger partial charge in [0.2, 0.25) is 5.75 Å². The number of nitro groups is 1. The highest BCUT2D eigenvalue weighted by Gasteiger charge is 2.19. The summed E-state index contributed by atoms with van der Waals surface area (Å²) >= 11 is 5.53. The van der Waals surface area contributed by atoms with Crippen molar-refractivity contribution >= 4 is 29.2 Å². The highest BCUT2D eigenvalue weighted by molar-refractivity contribution is 6.17. The maximum Gasteiger partial charge on any atom is 0.311 e. The second-order valence-electron chi connectivity index (χ2n) is 4.98. The molecule has 0 aliphatic heterocycles. The Bertz CT molecular complexity index is 590. The molecule has 0 bridgehead atoms. The van der Waals surface area contributed by atoms with E-state index in [9.17, 15) is 19.7 Å². The van der Waals surface area contributed by atoms with Crippen molar-refractivity contribution in [2.45, 2.75) is 39.0 Å². The van der Waals surface area contributed by atoms with E-state index >= 15 is 0 Å². The average molecular weight is 358 g/mol.